The van der Waals surface area contributed by atoms with Crippen LogP contribution in [0.15, 0.2) is 17.1 Å². The Bertz CT molecular complexity index is 1080. The normalized spacial score (nSPS) is 25.7. The third-order valence-corrected chi connectivity index (χ3v) is 7.58. The molecule has 2 aromatic rings. The van der Waals surface area contributed by atoms with Gasteiger partial charge in [0, 0.05) is 51.3 Å². The van der Waals surface area contributed by atoms with Gasteiger partial charge in [-0.15, -0.1) is 0 Å². The molecule has 0 bridgehead atoms. The molecule has 2 aromatic heterocycles. The number of likely N-dealkylation sites (tertiary alicyclic amines) is 1. The molecule has 5 heterocycles. The fraction of sp³-hybridized carbons (Fsp3) is 0.636. The van der Waals surface area contributed by atoms with Crippen LogP contribution in [-0.2, 0) is 32.0 Å². The second kappa shape index (κ2) is 6.51. The van der Waals surface area contributed by atoms with Gasteiger partial charge in [0.1, 0.15) is 11.5 Å². The van der Waals surface area contributed by atoms with E-state index in [4.69, 9.17) is 4.98 Å². The molecular weight excluding hydrogens is 380 g/mol. The third kappa shape index (κ3) is 2.76. The number of aryl methyl sites for hydroxylation is 1. The van der Waals surface area contributed by atoms with Crippen LogP contribution >= 0.6 is 0 Å². The molecule has 1 saturated carbocycles. The minimum absolute atomic E-state index is 0.0464. The summed E-state index contributed by atoms with van der Waals surface area (Å²) in [6.07, 6.45) is 7.14. The molecule has 1 saturated heterocycles. The molecule has 1 spiro atoms. The number of carbonyl (C=O) groups excluding carboxylic acids is 1. The first-order chi connectivity index (χ1) is 14.5. The van der Waals surface area contributed by atoms with Crippen molar-refractivity contribution >= 4 is 5.91 Å². The Kier molecular flexibility index (Phi) is 3.97. The smallest absolute Gasteiger partial charge is 0.272 e. The molecule has 1 atom stereocenters. The summed E-state index contributed by atoms with van der Waals surface area (Å²) >= 11 is 0. The van der Waals surface area contributed by atoms with E-state index in [0.717, 1.165) is 49.9 Å². The first-order valence-electron chi connectivity index (χ1n) is 11.2. The van der Waals surface area contributed by atoms with Crippen LogP contribution in [0.1, 0.15) is 53.3 Å². The Balaban J connectivity index is 1.29. The van der Waals surface area contributed by atoms with Crippen LogP contribution in [-0.4, -0.2) is 61.2 Å². The van der Waals surface area contributed by atoms with Gasteiger partial charge in [0.05, 0.1) is 17.8 Å². The zero-order chi connectivity index (χ0) is 20.5. The summed E-state index contributed by atoms with van der Waals surface area (Å²) in [6, 6.07) is 1.73. The van der Waals surface area contributed by atoms with Gasteiger partial charge in [0.25, 0.3) is 11.5 Å². The maximum Gasteiger partial charge on any atom is 0.272 e. The lowest BCUT2D eigenvalue weighted by molar-refractivity contribution is 0.0720. The molecule has 8 nitrogen and oxygen atoms in total. The minimum Gasteiger partial charge on any atom is -0.332 e. The van der Waals surface area contributed by atoms with Crippen LogP contribution in [0.3, 0.4) is 0 Å². The average Bonchev–Trinajstić information content (AvgIpc) is 3.14. The molecule has 6 rings (SSSR count). The highest BCUT2D eigenvalue weighted by Crippen LogP contribution is 2.42. The Hall–Kier alpha value is -2.48. The molecule has 2 fully saturated rings. The molecule has 0 unspecified atom stereocenters. The van der Waals surface area contributed by atoms with Gasteiger partial charge in [-0.25, -0.2) is 4.98 Å². The van der Waals surface area contributed by atoms with Crippen molar-refractivity contribution in [2.24, 2.45) is 13.0 Å². The zero-order valence-corrected chi connectivity index (χ0v) is 17.5. The third-order valence-electron chi connectivity index (χ3n) is 7.58. The van der Waals surface area contributed by atoms with E-state index < -0.39 is 0 Å². The van der Waals surface area contributed by atoms with Gasteiger partial charge in [0.2, 0.25) is 0 Å². The number of rotatable bonds is 3. The van der Waals surface area contributed by atoms with E-state index in [0.29, 0.717) is 30.8 Å². The molecule has 30 heavy (non-hydrogen) atoms. The molecule has 3 aliphatic heterocycles. The topological polar surface area (TPSA) is 76.3 Å². The molecule has 0 N–H and O–H groups in total. The van der Waals surface area contributed by atoms with Crippen LogP contribution in [0.25, 0.3) is 0 Å². The van der Waals surface area contributed by atoms with Crippen molar-refractivity contribution in [3.63, 3.8) is 0 Å². The monoisotopic (exact) mass is 408 g/mol. The second-order valence-electron chi connectivity index (χ2n) is 9.59. The Labute approximate surface area is 175 Å². The summed E-state index contributed by atoms with van der Waals surface area (Å²) in [5.74, 6) is 1.83. The van der Waals surface area contributed by atoms with Crippen molar-refractivity contribution in [2.75, 3.05) is 26.2 Å². The van der Waals surface area contributed by atoms with E-state index in [1.54, 1.807) is 28.9 Å². The van der Waals surface area contributed by atoms with Crippen LogP contribution < -0.4 is 5.56 Å². The van der Waals surface area contributed by atoms with E-state index in [1.807, 2.05) is 4.57 Å². The van der Waals surface area contributed by atoms with E-state index in [9.17, 15) is 9.59 Å². The van der Waals surface area contributed by atoms with Crippen molar-refractivity contribution in [2.45, 2.75) is 50.6 Å². The van der Waals surface area contributed by atoms with Crippen LogP contribution in [0, 0.1) is 5.92 Å². The first-order valence-corrected chi connectivity index (χ1v) is 11.2. The van der Waals surface area contributed by atoms with Gasteiger partial charge in [0.15, 0.2) is 0 Å². The maximum atomic E-state index is 13.4. The molecule has 0 radical (unpaired) electrons. The number of aromatic nitrogens is 4. The van der Waals surface area contributed by atoms with Crippen LogP contribution in [0.4, 0.5) is 0 Å². The fourth-order valence-electron chi connectivity index (χ4n) is 5.65. The predicted molar refractivity (Wildman–Crippen MR) is 110 cm³/mol. The first kappa shape index (κ1) is 18.3. The van der Waals surface area contributed by atoms with Crippen molar-refractivity contribution < 1.29 is 4.79 Å². The standard InChI is InChI=1S/C22H28N6O2/c1-25-18(4-8-23-25)20(30)27-9-5-17-16(13-27)19(29)28-11-7-22(21(28)24-17)6-10-26(14-22)12-15-2-3-15/h4,8,15H,2-3,5-7,9-14H2,1H3/t22-/m0/s1. The van der Waals surface area contributed by atoms with Gasteiger partial charge >= 0.3 is 0 Å². The van der Waals surface area contributed by atoms with E-state index in [-0.39, 0.29) is 16.9 Å². The molecule has 4 aliphatic rings. The highest BCUT2D eigenvalue weighted by molar-refractivity contribution is 5.92. The molecule has 158 valence electrons. The average molecular weight is 409 g/mol. The highest BCUT2D eigenvalue weighted by atomic mass is 16.2. The minimum atomic E-state index is -0.0754. The summed E-state index contributed by atoms with van der Waals surface area (Å²) in [5, 5.41) is 4.10. The number of hydrogen-bond acceptors (Lipinski definition) is 5. The fourth-order valence-corrected chi connectivity index (χ4v) is 5.65. The molecule has 1 amide bonds. The van der Waals surface area contributed by atoms with E-state index in [1.165, 1.54) is 19.4 Å². The Morgan fingerprint density at radius 3 is 2.83 bits per heavy atom. The van der Waals surface area contributed by atoms with Crippen molar-refractivity contribution in [3.8, 4) is 0 Å². The zero-order valence-electron chi connectivity index (χ0n) is 17.5. The number of nitrogens with zero attached hydrogens (tertiary/aromatic N) is 6. The summed E-state index contributed by atoms with van der Waals surface area (Å²) in [5.41, 5.74) is 2.26. The lowest BCUT2D eigenvalue weighted by Crippen LogP contribution is -2.42. The summed E-state index contributed by atoms with van der Waals surface area (Å²) in [4.78, 5) is 35.7. The van der Waals surface area contributed by atoms with Crippen molar-refractivity contribution in [1.82, 2.24) is 29.1 Å². The maximum absolute atomic E-state index is 13.4. The van der Waals surface area contributed by atoms with Gasteiger partial charge in [-0.1, -0.05) is 0 Å². The second-order valence-corrected chi connectivity index (χ2v) is 9.59. The van der Waals surface area contributed by atoms with E-state index in [2.05, 4.69) is 10.00 Å². The number of carbonyl (C=O) groups is 1. The Morgan fingerprint density at radius 2 is 2.07 bits per heavy atom. The van der Waals surface area contributed by atoms with Gasteiger partial charge in [-0.2, -0.15) is 5.10 Å². The van der Waals surface area contributed by atoms with E-state index >= 15 is 0 Å². The van der Waals surface area contributed by atoms with Gasteiger partial charge in [-0.05, 0) is 44.2 Å². The Morgan fingerprint density at radius 1 is 1.23 bits per heavy atom. The number of amides is 1. The van der Waals surface area contributed by atoms with Gasteiger partial charge < -0.3 is 9.80 Å². The quantitative estimate of drug-likeness (QED) is 0.755. The molecule has 0 aromatic carbocycles. The largest absolute Gasteiger partial charge is 0.332 e. The predicted octanol–water partition coefficient (Wildman–Crippen LogP) is 0.933. The van der Waals surface area contributed by atoms with Crippen LogP contribution in [0.2, 0.25) is 0 Å². The summed E-state index contributed by atoms with van der Waals surface area (Å²) < 4.78 is 3.50. The lowest BCUT2D eigenvalue weighted by atomic mass is 9.85. The van der Waals surface area contributed by atoms with Crippen molar-refractivity contribution in [3.05, 3.63) is 45.4 Å². The SMILES string of the molecule is Cn1nccc1C(=O)N1CCc2nc3n(c(=O)c2C1)CC[C@]31CCN(CC2CC2)C1. The molecular formula is C22H28N6O2. The number of hydrogen-bond donors (Lipinski definition) is 0. The molecule has 1 aliphatic carbocycles. The van der Waals surface area contributed by atoms with Crippen molar-refractivity contribution in [1.29, 1.82) is 0 Å². The lowest BCUT2D eigenvalue weighted by Gasteiger charge is -2.30. The van der Waals surface area contributed by atoms with Crippen LogP contribution in [0.5, 0.6) is 0 Å². The van der Waals surface area contributed by atoms with Gasteiger partial charge in [-0.3, -0.25) is 18.8 Å². The summed E-state index contributed by atoms with van der Waals surface area (Å²) in [6.45, 7) is 5.06. The molecule has 8 heteroatoms. The summed E-state index contributed by atoms with van der Waals surface area (Å²) in [7, 11) is 1.77. The highest BCUT2D eigenvalue weighted by Gasteiger charge is 2.47. The number of fused-ring (bicyclic) bond motifs is 3.